The van der Waals surface area contributed by atoms with Crippen LogP contribution in [-0.2, 0) is 11.3 Å². The molecule has 0 aromatic carbocycles. The molecular formula is C11H16N2O2S. The molecule has 0 aliphatic carbocycles. The second kappa shape index (κ2) is 4.51. The minimum absolute atomic E-state index is 0.532. The van der Waals surface area contributed by atoms with Crippen molar-refractivity contribution in [1.82, 2.24) is 9.88 Å². The van der Waals surface area contributed by atoms with Crippen LogP contribution in [0, 0.1) is 5.41 Å². The first kappa shape index (κ1) is 11.5. The van der Waals surface area contributed by atoms with Gasteiger partial charge in [0.2, 0.25) is 0 Å². The molecule has 2 heterocycles. The Kier molecular flexibility index (Phi) is 3.25. The number of aliphatic carboxylic acids is 1. The van der Waals surface area contributed by atoms with Crippen molar-refractivity contribution in [3.63, 3.8) is 0 Å². The first-order valence-corrected chi connectivity index (χ1v) is 6.43. The van der Waals surface area contributed by atoms with Gasteiger partial charge in [0, 0.05) is 18.5 Å². The van der Waals surface area contributed by atoms with Gasteiger partial charge in [-0.2, -0.15) is 0 Å². The summed E-state index contributed by atoms with van der Waals surface area (Å²) in [6.07, 6.45) is 1.46. The van der Waals surface area contributed by atoms with E-state index < -0.39 is 11.4 Å². The maximum absolute atomic E-state index is 11.3. The SMILES string of the molecule is CCC1(C(=O)O)CCN(Cc2cscn2)C1. The molecule has 0 amide bonds. The van der Waals surface area contributed by atoms with Crippen molar-refractivity contribution < 1.29 is 9.90 Å². The van der Waals surface area contributed by atoms with Crippen molar-refractivity contribution in [3.8, 4) is 0 Å². The van der Waals surface area contributed by atoms with E-state index >= 15 is 0 Å². The summed E-state index contributed by atoms with van der Waals surface area (Å²) in [6.45, 7) is 4.24. The van der Waals surface area contributed by atoms with Crippen LogP contribution < -0.4 is 0 Å². The molecule has 88 valence electrons. The van der Waals surface area contributed by atoms with Crippen LogP contribution >= 0.6 is 11.3 Å². The van der Waals surface area contributed by atoms with E-state index in [-0.39, 0.29) is 0 Å². The summed E-state index contributed by atoms with van der Waals surface area (Å²) in [5, 5.41) is 11.3. The predicted octanol–water partition coefficient (Wildman–Crippen LogP) is 1.83. The molecule has 4 nitrogen and oxygen atoms in total. The lowest BCUT2D eigenvalue weighted by Gasteiger charge is -2.22. The Labute approximate surface area is 98.9 Å². The van der Waals surface area contributed by atoms with Gasteiger partial charge in [0.1, 0.15) is 0 Å². The average molecular weight is 240 g/mol. The highest BCUT2D eigenvalue weighted by Crippen LogP contribution is 2.34. The van der Waals surface area contributed by atoms with E-state index in [0.717, 1.165) is 25.2 Å². The van der Waals surface area contributed by atoms with Crippen molar-refractivity contribution in [3.05, 3.63) is 16.6 Å². The molecule has 1 aromatic rings. The molecule has 0 radical (unpaired) electrons. The summed E-state index contributed by atoms with van der Waals surface area (Å²) in [5.41, 5.74) is 2.33. The summed E-state index contributed by atoms with van der Waals surface area (Å²) < 4.78 is 0. The quantitative estimate of drug-likeness (QED) is 0.872. The lowest BCUT2D eigenvalue weighted by atomic mass is 9.84. The van der Waals surface area contributed by atoms with E-state index in [1.807, 2.05) is 17.8 Å². The Morgan fingerprint density at radius 2 is 2.56 bits per heavy atom. The van der Waals surface area contributed by atoms with Gasteiger partial charge in [0.15, 0.2) is 0 Å². The normalized spacial score (nSPS) is 26.1. The van der Waals surface area contributed by atoms with E-state index in [4.69, 9.17) is 0 Å². The lowest BCUT2D eigenvalue weighted by Crippen LogP contribution is -2.33. The van der Waals surface area contributed by atoms with Gasteiger partial charge >= 0.3 is 5.97 Å². The van der Waals surface area contributed by atoms with Crippen LogP contribution in [0.25, 0.3) is 0 Å². The number of rotatable bonds is 4. The molecule has 5 heteroatoms. The van der Waals surface area contributed by atoms with E-state index in [2.05, 4.69) is 9.88 Å². The minimum atomic E-state index is -0.657. The summed E-state index contributed by atoms with van der Waals surface area (Å²) in [6, 6.07) is 0. The monoisotopic (exact) mass is 240 g/mol. The molecule has 1 atom stereocenters. The minimum Gasteiger partial charge on any atom is -0.481 e. The van der Waals surface area contributed by atoms with Crippen molar-refractivity contribution in [2.45, 2.75) is 26.3 Å². The molecule has 16 heavy (non-hydrogen) atoms. The molecule has 0 saturated carbocycles. The van der Waals surface area contributed by atoms with Gasteiger partial charge < -0.3 is 5.11 Å². The molecular weight excluding hydrogens is 224 g/mol. The van der Waals surface area contributed by atoms with Crippen molar-refractivity contribution >= 4 is 17.3 Å². The number of aromatic nitrogens is 1. The maximum atomic E-state index is 11.3. The molecule has 2 rings (SSSR count). The van der Waals surface area contributed by atoms with E-state index in [9.17, 15) is 9.90 Å². The Morgan fingerprint density at radius 1 is 1.75 bits per heavy atom. The Morgan fingerprint density at radius 3 is 3.06 bits per heavy atom. The van der Waals surface area contributed by atoms with Gasteiger partial charge in [0.05, 0.1) is 16.6 Å². The van der Waals surface area contributed by atoms with Gasteiger partial charge in [-0.3, -0.25) is 9.69 Å². The Balaban J connectivity index is 1.99. The molecule has 0 spiro atoms. The van der Waals surface area contributed by atoms with Crippen molar-refractivity contribution in [1.29, 1.82) is 0 Å². The molecule has 1 fully saturated rings. The van der Waals surface area contributed by atoms with Gasteiger partial charge in [-0.1, -0.05) is 6.92 Å². The second-order valence-corrected chi connectivity index (χ2v) is 5.10. The largest absolute Gasteiger partial charge is 0.481 e. The molecule has 1 aliphatic heterocycles. The molecule has 0 bridgehead atoms. The third-order valence-corrected chi connectivity index (χ3v) is 4.07. The van der Waals surface area contributed by atoms with Gasteiger partial charge in [-0.15, -0.1) is 11.3 Å². The van der Waals surface area contributed by atoms with Crippen molar-refractivity contribution in [2.75, 3.05) is 13.1 Å². The smallest absolute Gasteiger partial charge is 0.310 e. The average Bonchev–Trinajstić information content (AvgIpc) is 2.88. The first-order chi connectivity index (χ1) is 7.66. The third kappa shape index (κ3) is 2.10. The van der Waals surface area contributed by atoms with Crippen molar-refractivity contribution in [2.24, 2.45) is 5.41 Å². The molecule has 1 N–H and O–H groups in total. The Hall–Kier alpha value is -0.940. The topological polar surface area (TPSA) is 53.4 Å². The number of hydrogen-bond donors (Lipinski definition) is 1. The number of carboxylic acid groups (broad SMARTS) is 1. The second-order valence-electron chi connectivity index (χ2n) is 4.38. The molecule has 1 saturated heterocycles. The number of likely N-dealkylation sites (tertiary alicyclic amines) is 1. The van der Waals surface area contributed by atoms with E-state index in [1.54, 1.807) is 11.3 Å². The summed E-state index contributed by atoms with van der Waals surface area (Å²) in [5.74, 6) is -0.657. The van der Waals surface area contributed by atoms with Crippen LogP contribution in [0.2, 0.25) is 0 Å². The predicted molar refractivity (Wildman–Crippen MR) is 62.4 cm³/mol. The third-order valence-electron chi connectivity index (χ3n) is 3.43. The zero-order chi connectivity index (χ0) is 11.6. The van der Waals surface area contributed by atoms with Gasteiger partial charge in [0.25, 0.3) is 0 Å². The fourth-order valence-corrected chi connectivity index (χ4v) is 2.80. The maximum Gasteiger partial charge on any atom is 0.310 e. The number of nitrogens with zero attached hydrogens (tertiary/aromatic N) is 2. The van der Waals surface area contributed by atoms with E-state index in [1.165, 1.54) is 0 Å². The van der Waals surface area contributed by atoms with Gasteiger partial charge in [-0.25, -0.2) is 4.98 Å². The molecule has 1 unspecified atom stereocenters. The zero-order valence-corrected chi connectivity index (χ0v) is 10.2. The summed E-state index contributed by atoms with van der Waals surface area (Å²) >= 11 is 1.58. The number of hydrogen-bond acceptors (Lipinski definition) is 4. The zero-order valence-electron chi connectivity index (χ0n) is 9.35. The van der Waals surface area contributed by atoms with E-state index in [0.29, 0.717) is 13.0 Å². The molecule has 1 aromatic heterocycles. The Bertz CT molecular complexity index is 366. The number of carboxylic acids is 1. The molecule has 1 aliphatic rings. The highest BCUT2D eigenvalue weighted by Gasteiger charge is 2.43. The standard InChI is InChI=1S/C11H16N2O2S/c1-2-11(10(14)15)3-4-13(7-11)5-9-6-16-8-12-9/h6,8H,2-5,7H2,1H3,(H,14,15). The number of thiazole rings is 1. The van der Waals surface area contributed by atoms with Crippen LogP contribution in [0.1, 0.15) is 25.5 Å². The van der Waals surface area contributed by atoms with Crippen LogP contribution in [0.5, 0.6) is 0 Å². The number of carbonyl (C=O) groups is 1. The van der Waals surface area contributed by atoms with Crippen LogP contribution in [0.4, 0.5) is 0 Å². The van der Waals surface area contributed by atoms with Crippen LogP contribution in [0.15, 0.2) is 10.9 Å². The van der Waals surface area contributed by atoms with Crippen LogP contribution in [0.3, 0.4) is 0 Å². The summed E-state index contributed by atoms with van der Waals surface area (Å²) in [7, 11) is 0. The van der Waals surface area contributed by atoms with Gasteiger partial charge in [-0.05, 0) is 19.4 Å². The highest BCUT2D eigenvalue weighted by atomic mass is 32.1. The van der Waals surface area contributed by atoms with Crippen LogP contribution in [-0.4, -0.2) is 34.0 Å². The fraction of sp³-hybridized carbons (Fsp3) is 0.636. The lowest BCUT2D eigenvalue weighted by molar-refractivity contribution is -0.148. The first-order valence-electron chi connectivity index (χ1n) is 5.49. The fourth-order valence-electron chi connectivity index (χ4n) is 2.25. The highest BCUT2D eigenvalue weighted by molar-refractivity contribution is 7.07. The summed E-state index contributed by atoms with van der Waals surface area (Å²) in [4.78, 5) is 17.7.